The van der Waals surface area contributed by atoms with Crippen molar-refractivity contribution in [3.63, 3.8) is 0 Å². The van der Waals surface area contributed by atoms with Gasteiger partial charge in [-0.25, -0.2) is 0 Å². The first-order valence-electron chi connectivity index (χ1n) is 3.16. The van der Waals surface area contributed by atoms with Crippen molar-refractivity contribution in [3.05, 3.63) is 0 Å². The van der Waals surface area contributed by atoms with Gasteiger partial charge in [-0.3, -0.25) is 0 Å². The predicted octanol–water partition coefficient (Wildman–Crippen LogP) is 0.156. The average Bonchev–Trinajstić information content (AvgIpc) is 2.23. The second kappa shape index (κ2) is 1.45. The van der Waals surface area contributed by atoms with E-state index in [4.69, 9.17) is 9.84 Å². The molecule has 3 atom stereocenters. The molecule has 2 rings (SSSR count). The number of fused-ring (bicyclic) bond motifs is 2. The summed E-state index contributed by atoms with van der Waals surface area (Å²) in [6, 6.07) is 0. The molecule has 0 radical (unpaired) electrons. The summed E-state index contributed by atoms with van der Waals surface area (Å²) in [5.41, 5.74) is 0. The molecule has 0 amide bonds. The molecule has 0 spiro atoms. The average molecular weight is 114 g/mol. The van der Waals surface area contributed by atoms with Gasteiger partial charge < -0.3 is 9.84 Å². The highest BCUT2D eigenvalue weighted by atomic mass is 16.5. The summed E-state index contributed by atoms with van der Waals surface area (Å²) in [6.45, 7) is 0.797. The summed E-state index contributed by atoms with van der Waals surface area (Å²) >= 11 is 0. The molecule has 0 aromatic rings. The van der Waals surface area contributed by atoms with Gasteiger partial charge in [0.1, 0.15) is 0 Å². The summed E-state index contributed by atoms with van der Waals surface area (Å²) in [6.07, 6.45) is 2.33. The van der Waals surface area contributed by atoms with E-state index in [-0.39, 0.29) is 6.10 Å². The summed E-state index contributed by atoms with van der Waals surface area (Å²) in [7, 11) is 0. The Morgan fingerprint density at radius 2 is 2.25 bits per heavy atom. The number of aliphatic hydroxyl groups excluding tert-OH is 1. The second-order valence-electron chi connectivity index (χ2n) is 2.75. The van der Waals surface area contributed by atoms with E-state index >= 15 is 0 Å². The van der Waals surface area contributed by atoms with Crippen LogP contribution in [0.3, 0.4) is 0 Å². The zero-order valence-corrected chi connectivity index (χ0v) is 4.71. The third kappa shape index (κ3) is 0.501. The standard InChI is InChI=1S/C6H10O2/c7-6-2-5-1-4(6)3-8-5/h4-7H,1-3H2. The van der Waals surface area contributed by atoms with Crippen molar-refractivity contribution in [3.8, 4) is 0 Å². The lowest BCUT2D eigenvalue weighted by molar-refractivity contribution is 0.00591. The summed E-state index contributed by atoms with van der Waals surface area (Å²) in [4.78, 5) is 0. The van der Waals surface area contributed by atoms with Gasteiger partial charge >= 0.3 is 0 Å². The highest BCUT2D eigenvalue weighted by Gasteiger charge is 2.39. The Kier molecular flexibility index (Phi) is 0.866. The van der Waals surface area contributed by atoms with Crippen molar-refractivity contribution < 1.29 is 9.84 Å². The molecule has 8 heavy (non-hydrogen) atoms. The van der Waals surface area contributed by atoms with Crippen LogP contribution in [0.15, 0.2) is 0 Å². The minimum atomic E-state index is -0.0475. The zero-order valence-electron chi connectivity index (χ0n) is 4.71. The summed E-state index contributed by atoms with van der Waals surface area (Å²) in [5.74, 6) is 0.472. The van der Waals surface area contributed by atoms with E-state index in [1.54, 1.807) is 0 Å². The fourth-order valence-electron chi connectivity index (χ4n) is 1.63. The SMILES string of the molecule is OC1CC2CC1CO2. The molecule has 1 heterocycles. The van der Waals surface area contributed by atoms with E-state index in [2.05, 4.69) is 0 Å². The molecule has 1 N–H and O–H groups in total. The normalized spacial score (nSPS) is 52.9. The number of rotatable bonds is 0. The number of hydrogen-bond donors (Lipinski definition) is 1. The van der Waals surface area contributed by atoms with Crippen LogP contribution in [0.4, 0.5) is 0 Å². The molecule has 1 aliphatic carbocycles. The van der Waals surface area contributed by atoms with Crippen molar-refractivity contribution in [2.45, 2.75) is 25.0 Å². The Bertz CT molecular complexity index is 101. The van der Waals surface area contributed by atoms with Crippen molar-refractivity contribution >= 4 is 0 Å². The van der Waals surface area contributed by atoms with Crippen LogP contribution in [-0.4, -0.2) is 23.9 Å². The topological polar surface area (TPSA) is 29.5 Å². The van der Waals surface area contributed by atoms with Crippen molar-refractivity contribution in [2.75, 3.05) is 6.61 Å². The molecule has 0 aromatic carbocycles. The fourth-order valence-corrected chi connectivity index (χ4v) is 1.63. The van der Waals surface area contributed by atoms with Crippen LogP contribution in [0.5, 0.6) is 0 Å². The first-order chi connectivity index (χ1) is 3.86. The molecule has 2 nitrogen and oxygen atoms in total. The van der Waals surface area contributed by atoms with E-state index < -0.39 is 0 Å². The minimum Gasteiger partial charge on any atom is -0.393 e. The molecular formula is C6H10O2. The molecule has 1 saturated heterocycles. The first kappa shape index (κ1) is 4.77. The smallest absolute Gasteiger partial charge is 0.0616 e. The van der Waals surface area contributed by atoms with Gasteiger partial charge in [0.2, 0.25) is 0 Å². The maximum absolute atomic E-state index is 9.14. The molecule has 2 bridgehead atoms. The van der Waals surface area contributed by atoms with Crippen LogP contribution in [0.25, 0.3) is 0 Å². The monoisotopic (exact) mass is 114 g/mol. The van der Waals surface area contributed by atoms with Gasteiger partial charge in [0, 0.05) is 5.92 Å². The van der Waals surface area contributed by atoms with E-state index in [1.807, 2.05) is 0 Å². The van der Waals surface area contributed by atoms with Crippen LogP contribution >= 0.6 is 0 Å². The number of hydrogen-bond acceptors (Lipinski definition) is 2. The molecule has 1 saturated carbocycles. The lowest BCUT2D eigenvalue weighted by atomic mass is 10.1. The van der Waals surface area contributed by atoms with Gasteiger partial charge in [-0.05, 0) is 12.8 Å². The van der Waals surface area contributed by atoms with Crippen LogP contribution in [0, 0.1) is 5.92 Å². The number of ether oxygens (including phenoxy) is 1. The molecule has 2 fully saturated rings. The molecule has 1 aliphatic heterocycles. The maximum atomic E-state index is 9.14. The highest BCUT2D eigenvalue weighted by Crippen LogP contribution is 2.34. The van der Waals surface area contributed by atoms with Gasteiger partial charge in [0.25, 0.3) is 0 Å². The van der Waals surface area contributed by atoms with Gasteiger partial charge in [0.05, 0.1) is 18.8 Å². The molecular weight excluding hydrogens is 104 g/mol. The third-order valence-corrected chi connectivity index (χ3v) is 2.16. The Labute approximate surface area is 48.5 Å². The van der Waals surface area contributed by atoms with Gasteiger partial charge in [-0.15, -0.1) is 0 Å². The van der Waals surface area contributed by atoms with Gasteiger partial charge in [0.15, 0.2) is 0 Å². The lowest BCUT2D eigenvalue weighted by Crippen LogP contribution is -2.21. The molecule has 2 heteroatoms. The summed E-state index contributed by atoms with van der Waals surface area (Å²) in [5, 5.41) is 9.14. The van der Waals surface area contributed by atoms with Crippen LogP contribution in [-0.2, 0) is 4.74 Å². The van der Waals surface area contributed by atoms with Crippen molar-refractivity contribution in [1.29, 1.82) is 0 Å². The Hall–Kier alpha value is -0.0800. The second-order valence-corrected chi connectivity index (χ2v) is 2.75. The minimum absolute atomic E-state index is 0.0475. The van der Waals surface area contributed by atoms with Crippen molar-refractivity contribution in [1.82, 2.24) is 0 Å². The van der Waals surface area contributed by atoms with Crippen molar-refractivity contribution in [2.24, 2.45) is 5.92 Å². The quantitative estimate of drug-likeness (QED) is 0.486. The highest BCUT2D eigenvalue weighted by molar-refractivity contribution is 4.88. The summed E-state index contributed by atoms with van der Waals surface area (Å²) < 4.78 is 5.26. The Morgan fingerprint density at radius 1 is 1.38 bits per heavy atom. The maximum Gasteiger partial charge on any atom is 0.0616 e. The first-order valence-corrected chi connectivity index (χ1v) is 3.16. The zero-order chi connectivity index (χ0) is 5.56. The van der Waals surface area contributed by atoms with Gasteiger partial charge in [-0.2, -0.15) is 0 Å². The third-order valence-electron chi connectivity index (χ3n) is 2.16. The lowest BCUT2D eigenvalue weighted by Gasteiger charge is -2.15. The number of aliphatic hydroxyl groups is 1. The molecule has 46 valence electrons. The Morgan fingerprint density at radius 3 is 2.50 bits per heavy atom. The fraction of sp³-hybridized carbons (Fsp3) is 1.00. The van der Waals surface area contributed by atoms with E-state index in [1.165, 1.54) is 0 Å². The van der Waals surface area contributed by atoms with Crippen LogP contribution in [0.2, 0.25) is 0 Å². The largest absolute Gasteiger partial charge is 0.393 e. The van der Waals surface area contributed by atoms with Crippen LogP contribution < -0.4 is 0 Å². The van der Waals surface area contributed by atoms with E-state index in [9.17, 15) is 0 Å². The van der Waals surface area contributed by atoms with Gasteiger partial charge in [-0.1, -0.05) is 0 Å². The van der Waals surface area contributed by atoms with Crippen LogP contribution in [0.1, 0.15) is 12.8 Å². The Balaban J connectivity index is 2.11. The van der Waals surface area contributed by atoms with E-state index in [0.717, 1.165) is 19.4 Å². The molecule has 2 aliphatic rings. The van der Waals surface area contributed by atoms with E-state index in [0.29, 0.717) is 12.0 Å². The predicted molar refractivity (Wildman–Crippen MR) is 28.5 cm³/mol. The molecule has 3 unspecified atom stereocenters. The molecule has 0 aromatic heterocycles.